The van der Waals surface area contributed by atoms with Crippen LogP contribution in [0.1, 0.15) is 15.9 Å². The predicted octanol–water partition coefficient (Wildman–Crippen LogP) is 3.82. The lowest BCUT2D eigenvalue weighted by Crippen LogP contribution is -2.49. The third kappa shape index (κ3) is 8.80. The van der Waals surface area contributed by atoms with Crippen LogP contribution < -0.4 is 30.4 Å². The van der Waals surface area contributed by atoms with Crippen LogP contribution in [0.3, 0.4) is 0 Å². The monoisotopic (exact) mass is 513 g/mol. The summed E-state index contributed by atoms with van der Waals surface area (Å²) in [5.74, 6) is 0.990. The molecule has 0 spiro atoms. The molecule has 0 bridgehead atoms. The Morgan fingerprint density at radius 1 is 0.857 bits per heavy atom. The molecule has 0 saturated carbocycles. The van der Waals surface area contributed by atoms with Crippen molar-refractivity contribution in [3.63, 3.8) is 0 Å². The highest BCUT2D eigenvalue weighted by Crippen LogP contribution is 2.21. The summed E-state index contributed by atoms with van der Waals surface area (Å²) in [6.45, 7) is 2.32. The van der Waals surface area contributed by atoms with Crippen molar-refractivity contribution in [2.24, 2.45) is 0 Å². The Morgan fingerprint density at radius 2 is 1.51 bits per heavy atom. The number of nitrogens with one attached hydrogen (secondary N) is 3. The van der Waals surface area contributed by atoms with Crippen molar-refractivity contribution in [3.05, 3.63) is 88.9 Å². The van der Waals surface area contributed by atoms with E-state index in [1.54, 1.807) is 42.5 Å². The zero-order valence-corrected chi connectivity index (χ0v) is 20.4. The molecule has 0 aromatic heterocycles. The Kier molecular flexibility index (Phi) is 9.70. The van der Waals surface area contributed by atoms with E-state index in [0.717, 1.165) is 11.3 Å². The third-order valence-corrected chi connectivity index (χ3v) is 4.96. The molecule has 10 heteroatoms. The first-order valence-electron chi connectivity index (χ1n) is 10.6. The highest BCUT2D eigenvalue weighted by molar-refractivity contribution is 7.80. The van der Waals surface area contributed by atoms with Crippen molar-refractivity contribution < 1.29 is 23.8 Å². The van der Waals surface area contributed by atoms with Crippen molar-refractivity contribution >= 4 is 40.7 Å². The molecule has 0 saturated heterocycles. The molecule has 0 aliphatic heterocycles. The lowest BCUT2D eigenvalue weighted by molar-refractivity contribution is -0.123. The molecular weight excluding hydrogens is 490 g/mol. The molecule has 3 aromatic carbocycles. The van der Waals surface area contributed by atoms with Crippen LogP contribution in [0.2, 0.25) is 5.02 Å². The van der Waals surface area contributed by atoms with E-state index in [4.69, 9.17) is 38.0 Å². The summed E-state index contributed by atoms with van der Waals surface area (Å²) >= 11 is 10.9. The summed E-state index contributed by atoms with van der Waals surface area (Å²) in [5.41, 5.74) is 6.00. The third-order valence-electron chi connectivity index (χ3n) is 4.52. The van der Waals surface area contributed by atoms with Crippen LogP contribution >= 0.6 is 23.8 Å². The zero-order chi connectivity index (χ0) is 25.0. The molecule has 0 fully saturated rings. The number of thiocarbonyl (C=S) groups is 1. The van der Waals surface area contributed by atoms with Crippen LogP contribution in [0, 0.1) is 6.92 Å². The van der Waals surface area contributed by atoms with Gasteiger partial charge < -0.3 is 14.2 Å². The van der Waals surface area contributed by atoms with E-state index in [-0.39, 0.29) is 11.7 Å². The van der Waals surface area contributed by atoms with Crippen LogP contribution in [0.15, 0.2) is 72.8 Å². The van der Waals surface area contributed by atoms with Gasteiger partial charge in [0, 0.05) is 10.6 Å². The van der Waals surface area contributed by atoms with E-state index in [2.05, 4.69) is 16.2 Å². The number of carbonyl (C=O) groups excluding carboxylic acids is 2. The van der Waals surface area contributed by atoms with Gasteiger partial charge in [-0.05, 0) is 79.3 Å². The molecule has 0 atom stereocenters. The van der Waals surface area contributed by atoms with E-state index in [1.165, 1.54) is 0 Å². The highest BCUT2D eigenvalue weighted by Gasteiger charge is 2.10. The Bertz CT molecular complexity index is 1160. The van der Waals surface area contributed by atoms with E-state index in [0.29, 0.717) is 35.3 Å². The predicted molar refractivity (Wildman–Crippen MR) is 137 cm³/mol. The molecule has 0 unspecified atom stereocenters. The second-order valence-corrected chi connectivity index (χ2v) is 8.03. The van der Waals surface area contributed by atoms with Crippen LogP contribution in [-0.4, -0.2) is 36.7 Å². The summed E-state index contributed by atoms with van der Waals surface area (Å²) in [6.07, 6.45) is 0. The van der Waals surface area contributed by atoms with Gasteiger partial charge in [-0.25, -0.2) is 0 Å². The van der Waals surface area contributed by atoms with Gasteiger partial charge in [0.05, 0.1) is 0 Å². The van der Waals surface area contributed by atoms with Crippen molar-refractivity contribution in [1.29, 1.82) is 0 Å². The van der Waals surface area contributed by atoms with Gasteiger partial charge in [-0.2, -0.15) is 0 Å². The molecule has 182 valence electrons. The lowest BCUT2D eigenvalue weighted by atomic mass is 10.2. The number of hydrogen-bond donors (Lipinski definition) is 3. The quantitative estimate of drug-likeness (QED) is 0.227. The largest absolute Gasteiger partial charge is 0.490 e. The second kappa shape index (κ2) is 13.2. The zero-order valence-electron chi connectivity index (χ0n) is 18.9. The number of halogens is 1. The minimum atomic E-state index is -0.478. The standard InChI is InChI=1S/C25H24ClN3O5S/c1-17-15-19(26)9-12-22(17)34-16-23(30)28-29-25(35)27-24(31)18-7-10-21(11-8-18)33-14-13-32-20-5-3-2-4-6-20/h2-12,15H,13-14,16H2,1H3,(H,28,30)(H2,27,29,31,35). The van der Waals surface area contributed by atoms with Crippen molar-refractivity contribution in [2.75, 3.05) is 19.8 Å². The van der Waals surface area contributed by atoms with Crippen molar-refractivity contribution in [3.8, 4) is 17.2 Å². The fourth-order valence-electron chi connectivity index (χ4n) is 2.83. The molecular formula is C25H24ClN3O5S. The number of carbonyl (C=O) groups is 2. The number of benzene rings is 3. The van der Waals surface area contributed by atoms with Crippen LogP contribution in [-0.2, 0) is 4.79 Å². The van der Waals surface area contributed by atoms with E-state index in [9.17, 15) is 9.59 Å². The summed E-state index contributed by atoms with van der Waals surface area (Å²) in [7, 11) is 0. The Hall–Kier alpha value is -3.82. The van der Waals surface area contributed by atoms with E-state index < -0.39 is 11.8 Å². The number of aryl methyl sites for hydroxylation is 1. The number of rotatable bonds is 9. The first-order chi connectivity index (χ1) is 16.9. The van der Waals surface area contributed by atoms with Crippen LogP contribution in [0.4, 0.5) is 0 Å². The molecule has 8 nitrogen and oxygen atoms in total. The summed E-state index contributed by atoms with van der Waals surface area (Å²) in [6, 6.07) is 21.1. The van der Waals surface area contributed by atoms with Gasteiger partial charge in [0.1, 0.15) is 30.5 Å². The number of para-hydroxylation sites is 1. The average molecular weight is 514 g/mol. The molecule has 3 rings (SSSR count). The molecule has 2 amide bonds. The first kappa shape index (κ1) is 25.8. The molecule has 3 aromatic rings. The molecule has 0 heterocycles. The molecule has 0 aliphatic rings. The highest BCUT2D eigenvalue weighted by atomic mass is 35.5. The molecule has 35 heavy (non-hydrogen) atoms. The Labute approximate surface area is 213 Å². The maximum absolute atomic E-state index is 12.4. The topological polar surface area (TPSA) is 97.9 Å². The van der Waals surface area contributed by atoms with E-state index in [1.807, 2.05) is 37.3 Å². The first-order valence-corrected chi connectivity index (χ1v) is 11.4. The van der Waals surface area contributed by atoms with Gasteiger partial charge in [0.15, 0.2) is 11.7 Å². The summed E-state index contributed by atoms with van der Waals surface area (Å²) in [4.78, 5) is 24.3. The minimum Gasteiger partial charge on any atom is -0.490 e. The fraction of sp³-hybridized carbons (Fsp3) is 0.160. The van der Waals surface area contributed by atoms with Gasteiger partial charge in [-0.3, -0.25) is 25.8 Å². The van der Waals surface area contributed by atoms with Crippen LogP contribution in [0.25, 0.3) is 0 Å². The van der Waals surface area contributed by atoms with Crippen molar-refractivity contribution in [2.45, 2.75) is 6.92 Å². The van der Waals surface area contributed by atoms with Gasteiger partial charge in [-0.1, -0.05) is 29.8 Å². The van der Waals surface area contributed by atoms with E-state index >= 15 is 0 Å². The number of hydrazine groups is 1. The number of ether oxygens (including phenoxy) is 3. The molecule has 0 radical (unpaired) electrons. The van der Waals surface area contributed by atoms with Crippen molar-refractivity contribution in [1.82, 2.24) is 16.2 Å². The maximum Gasteiger partial charge on any atom is 0.276 e. The minimum absolute atomic E-state index is 0.0654. The SMILES string of the molecule is Cc1cc(Cl)ccc1OCC(=O)NNC(=S)NC(=O)c1ccc(OCCOc2ccccc2)cc1. The fourth-order valence-corrected chi connectivity index (χ4v) is 3.20. The Morgan fingerprint density at radius 3 is 2.17 bits per heavy atom. The molecule has 0 aliphatic carbocycles. The second-order valence-electron chi connectivity index (χ2n) is 7.19. The normalized spacial score (nSPS) is 10.1. The van der Waals surface area contributed by atoms with Gasteiger partial charge in [0.25, 0.3) is 11.8 Å². The number of hydrogen-bond acceptors (Lipinski definition) is 6. The van der Waals surface area contributed by atoms with Gasteiger partial charge in [-0.15, -0.1) is 0 Å². The van der Waals surface area contributed by atoms with Crippen LogP contribution in [0.5, 0.6) is 17.2 Å². The summed E-state index contributed by atoms with van der Waals surface area (Å²) < 4.78 is 16.6. The maximum atomic E-state index is 12.4. The molecule has 3 N–H and O–H groups in total. The number of amides is 2. The van der Waals surface area contributed by atoms with Gasteiger partial charge in [0.2, 0.25) is 0 Å². The average Bonchev–Trinajstić information content (AvgIpc) is 2.86. The smallest absolute Gasteiger partial charge is 0.276 e. The lowest BCUT2D eigenvalue weighted by Gasteiger charge is -2.12. The Balaban J connectivity index is 1.34. The van der Waals surface area contributed by atoms with Gasteiger partial charge >= 0.3 is 0 Å². The summed E-state index contributed by atoms with van der Waals surface area (Å²) in [5, 5.41) is 3.00.